The Bertz CT molecular complexity index is 1260. The Hall–Kier alpha value is -3.70. The van der Waals surface area contributed by atoms with Crippen molar-refractivity contribution in [1.82, 2.24) is 4.98 Å². The lowest BCUT2D eigenvalue weighted by atomic mass is 10.1. The first-order valence-electron chi connectivity index (χ1n) is 9.35. The molecule has 0 unspecified atom stereocenters. The Balaban J connectivity index is 1.58. The number of nitrogens with zero attached hydrogens (tertiary/aromatic N) is 1. The van der Waals surface area contributed by atoms with Crippen molar-refractivity contribution in [3.8, 4) is 0 Å². The number of amides is 2. The largest absolute Gasteiger partial charge is 0.322 e. The predicted molar refractivity (Wildman–Crippen MR) is 120 cm³/mol. The Labute approximate surface area is 178 Å². The van der Waals surface area contributed by atoms with Gasteiger partial charge in [-0.15, -0.1) is 0 Å². The van der Waals surface area contributed by atoms with Crippen LogP contribution in [0.2, 0.25) is 5.02 Å². The van der Waals surface area contributed by atoms with E-state index in [2.05, 4.69) is 15.6 Å². The average molecular weight is 416 g/mol. The van der Waals surface area contributed by atoms with E-state index in [-0.39, 0.29) is 11.8 Å². The van der Waals surface area contributed by atoms with E-state index in [4.69, 9.17) is 11.6 Å². The molecule has 30 heavy (non-hydrogen) atoms. The summed E-state index contributed by atoms with van der Waals surface area (Å²) in [6.45, 7) is 1.78. The van der Waals surface area contributed by atoms with Crippen LogP contribution < -0.4 is 10.6 Å². The minimum atomic E-state index is -0.340. The monoisotopic (exact) mass is 415 g/mol. The van der Waals surface area contributed by atoms with Crippen LogP contribution in [-0.2, 0) is 0 Å². The fourth-order valence-electron chi connectivity index (χ4n) is 3.12. The molecule has 6 heteroatoms. The van der Waals surface area contributed by atoms with Crippen molar-refractivity contribution in [3.63, 3.8) is 0 Å². The number of rotatable bonds is 4. The van der Waals surface area contributed by atoms with Crippen LogP contribution in [0.1, 0.15) is 26.4 Å². The van der Waals surface area contributed by atoms with Gasteiger partial charge in [0.2, 0.25) is 0 Å². The van der Waals surface area contributed by atoms with Crippen LogP contribution in [0.5, 0.6) is 0 Å². The normalized spacial score (nSPS) is 10.6. The lowest BCUT2D eigenvalue weighted by Crippen LogP contribution is -2.16. The average Bonchev–Trinajstić information content (AvgIpc) is 2.75. The summed E-state index contributed by atoms with van der Waals surface area (Å²) < 4.78 is 0. The number of halogens is 1. The van der Waals surface area contributed by atoms with E-state index < -0.39 is 0 Å². The van der Waals surface area contributed by atoms with Gasteiger partial charge in [0.15, 0.2) is 0 Å². The van der Waals surface area contributed by atoms with Crippen molar-refractivity contribution in [1.29, 1.82) is 0 Å². The molecule has 0 saturated heterocycles. The molecule has 4 rings (SSSR count). The lowest BCUT2D eigenvalue weighted by molar-refractivity contribution is 0.101. The Morgan fingerprint density at radius 3 is 2.37 bits per heavy atom. The predicted octanol–water partition coefficient (Wildman–Crippen LogP) is 5.70. The Morgan fingerprint density at radius 2 is 1.57 bits per heavy atom. The highest BCUT2D eigenvalue weighted by molar-refractivity contribution is 6.34. The molecule has 2 amide bonds. The minimum Gasteiger partial charge on any atom is -0.322 e. The van der Waals surface area contributed by atoms with Crippen LogP contribution in [0.15, 0.2) is 78.9 Å². The third-order valence-electron chi connectivity index (χ3n) is 4.67. The molecule has 2 N–H and O–H groups in total. The molecular weight excluding hydrogens is 398 g/mol. The van der Waals surface area contributed by atoms with Crippen molar-refractivity contribution < 1.29 is 9.59 Å². The molecule has 0 bridgehead atoms. The van der Waals surface area contributed by atoms with Crippen molar-refractivity contribution in [2.24, 2.45) is 0 Å². The quantitative estimate of drug-likeness (QED) is 0.449. The minimum absolute atomic E-state index is 0.295. The topological polar surface area (TPSA) is 71.1 Å². The Kier molecular flexibility index (Phi) is 5.46. The van der Waals surface area contributed by atoms with Gasteiger partial charge in [0, 0.05) is 16.6 Å². The highest BCUT2D eigenvalue weighted by atomic mass is 35.5. The van der Waals surface area contributed by atoms with Gasteiger partial charge < -0.3 is 10.6 Å². The molecule has 0 fully saturated rings. The molecule has 0 radical (unpaired) electrons. The number of aromatic nitrogens is 1. The second kappa shape index (κ2) is 8.35. The second-order valence-electron chi connectivity index (χ2n) is 6.78. The fourth-order valence-corrected chi connectivity index (χ4v) is 3.28. The molecule has 0 atom stereocenters. The summed E-state index contributed by atoms with van der Waals surface area (Å²) in [5, 5.41) is 6.82. The smallest absolute Gasteiger partial charge is 0.257 e. The first kappa shape index (κ1) is 19.6. The molecule has 0 saturated carbocycles. The number of fused-ring (bicyclic) bond motifs is 1. The molecule has 0 aliphatic carbocycles. The summed E-state index contributed by atoms with van der Waals surface area (Å²) in [6.07, 6.45) is 0. The number of benzene rings is 3. The van der Waals surface area contributed by atoms with Gasteiger partial charge in [0.05, 0.1) is 27.5 Å². The number of pyridine rings is 1. The summed E-state index contributed by atoms with van der Waals surface area (Å²) in [5.74, 6) is -0.634. The van der Waals surface area contributed by atoms with Crippen molar-refractivity contribution in [2.45, 2.75) is 6.92 Å². The van der Waals surface area contributed by atoms with E-state index in [0.717, 1.165) is 10.9 Å². The summed E-state index contributed by atoms with van der Waals surface area (Å²) in [5.41, 5.74) is 3.30. The van der Waals surface area contributed by atoms with E-state index in [1.165, 1.54) is 0 Å². The number of carbonyl (C=O) groups excluding carboxylic acids is 2. The molecule has 0 aliphatic heterocycles. The fraction of sp³-hybridized carbons (Fsp3) is 0.0417. The van der Waals surface area contributed by atoms with Gasteiger partial charge >= 0.3 is 0 Å². The number of nitrogens with one attached hydrogen (secondary N) is 2. The number of carbonyl (C=O) groups is 2. The van der Waals surface area contributed by atoms with E-state index >= 15 is 0 Å². The van der Waals surface area contributed by atoms with Gasteiger partial charge in [-0.25, -0.2) is 0 Å². The van der Waals surface area contributed by atoms with Crippen LogP contribution in [0.25, 0.3) is 10.9 Å². The summed E-state index contributed by atoms with van der Waals surface area (Å²) in [7, 11) is 0. The zero-order valence-corrected chi connectivity index (χ0v) is 16.9. The van der Waals surface area contributed by atoms with Crippen LogP contribution in [0.3, 0.4) is 0 Å². The van der Waals surface area contributed by atoms with Crippen LogP contribution >= 0.6 is 11.6 Å². The number of hydrogen-bond acceptors (Lipinski definition) is 3. The summed E-state index contributed by atoms with van der Waals surface area (Å²) >= 11 is 6.27. The maximum atomic E-state index is 12.9. The van der Waals surface area contributed by atoms with Crippen molar-refractivity contribution in [2.75, 3.05) is 10.6 Å². The van der Waals surface area contributed by atoms with Gasteiger partial charge in [0.1, 0.15) is 0 Å². The second-order valence-corrected chi connectivity index (χ2v) is 7.19. The highest BCUT2D eigenvalue weighted by Crippen LogP contribution is 2.25. The van der Waals surface area contributed by atoms with Gasteiger partial charge in [-0.05, 0) is 49.4 Å². The maximum Gasteiger partial charge on any atom is 0.257 e. The third-order valence-corrected chi connectivity index (χ3v) is 5.00. The van der Waals surface area contributed by atoms with E-state index in [0.29, 0.717) is 33.2 Å². The molecule has 1 heterocycles. The number of hydrogen-bond donors (Lipinski definition) is 2. The lowest BCUT2D eigenvalue weighted by Gasteiger charge is -2.12. The first-order chi connectivity index (χ1) is 14.5. The van der Waals surface area contributed by atoms with E-state index in [9.17, 15) is 9.59 Å². The number of aryl methyl sites for hydroxylation is 1. The van der Waals surface area contributed by atoms with Crippen LogP contribution in [0.4, 0.5) is 11.4 Å². The molecule has 5 nitrogen and oxygen atoms in total. The third kappa shape index (κ3) is 4.16. The first-order valence-corrected chi connectivity index (χ1v) is 9.73. The molecule has 1 aromatic heterocycles. The zero-order chi connectivity index (χ0) is 21.1. The standard InChI is InChI=1S/C24H18ClN3O2/c1-15-19(13-16-7-5-6-10-21(16)26-15)24(30)28-22-14-17(11-12-20(22)25)23(29)27-18-8-3-2-4-9-18/h2-14H,1H3,(H,27,29)(H,28,30). The zero-order valence-electron chi connectivity index (χ0n) is 16.1. The van der Waals surface area contributed by atoms with E-state index in [1.807, 2.05) is 42.5 Å². The number of anilines is 2. The Morgan fingerprint density at radius 1 is 0.833 bits per heavy atom. The molecule has 3 aromatic carbocycles. The van der Waals surface area contributed by atoms with Gasteiger partial charge in [-0.2, -0.15) is 0 Å². The van der Waals surface area contributed by atoms with Crippen molar-refractivity contribution >= 4 is 45.7 Å². The van der Waals surface area contributed by atoms with E-state index in [1.54, 1.807) is 43.3 Å². The molecule has 4 aromatic rings. The number of para-hydroxylation sites is 2. The van der Waals surface area contributed by atoms with Gasteiger partial charge in [-0.3, -0.25) is 14.6 Å². The molecular formula is C24H18ClN3O2. The molecule has 0 spiro atoms. The SMILES string of the molecule is Cc1nc2ccccc2cc1C(=O)Nc1cc(C(=O)Nc2ccccc2)ccc1Cl. The van der Waals surface area contributed by atoms with Crippen LogP contribution in [-0.4, -0.2) is 16.8 Å². The van der Waals surface area contributed by atoms with Crippen LogP contribution in [0, 0.1) is 6.92 Å². The highest BCUT2D eigenvalue weighted by Gasteiger charge is 2.15. The maximum absolute atomic E-state index is 12.9. The summed E-state index contributed by atoms with van der Waals surface area (Å²) in [6, 6.07) is 23.3. The molecule has 0 aliphatic rings. The van der Waals surface area contributed by atoms with Gasteiger partial charge in [-0.1, -0.05) is 48.0 Å². The molecule has 148 valence electrons. The van der Waals surface area contributed by atoms with Crippen molar-refractivity contribution in [3.05, 3.63) is 101 Å². The van der Waals surface area contributed by atoms with Gasteiger partial charge in [0.25, 0.3) is 11.8 Å². The summed E-state index contributed by atoms with van der Waals surface area (Å²) in [4.78, 5) is 29.9.